The van der Waals surface area contributed by atoms with Crippen LogP contribution in [-0.2, 0) is 12.8 Å². The molecule has 0 heterocycles. The maximum Gasteiger partial charge on any atom is 0.0393 e. The summed E-state index contributed by atoms with van der Waals surface area (Å²) in [5, 5.41) is 0.204. The van der Waals surface area contributed by atoms with Crippen LogP contribution in [0.3, 0.4) is 0 Å². The van der Waals surface area contributed by atoms with Crippen molar-refractivity contribution in [2.75, 3.05) is 0 Å². The molecule has 0 saturated heterocycles. The molecule has 0 aromatic heterocycles. The van der Waals surface area contributed by atoms with Gasteiger partial charge in [-0.25, -0.2) is 0 Å². The summed E-state index contributed by atoms with van der Waals surface area (Å²) in [7, 11) is 0. The molecule has 2 rings (SSSR count). The quantitative estimate of drug-likeness (QED) is 0.628. The van der Waals surface area contributed by atoms with Gasteiger partial charge in [0.15, 0.2) is 0 Å². The molecule has 0 aliphatic carbocycles. The summed E-state index contributed by atoms with van der Waals surface area (Å²) < 4.78 is 0. The number of benzene rings is 2. The Labute approximate surface area is 127 Å². The van der Waals surface area contributed by atoms with E-state index in [2.05, 4.69) is 74.5 Å². The van der Waals surface area contributed by atoms with Gasteiger partial charge >= 0.3 is 0 Å². The van der Waals surface area contributed by atoms with E-state index in [4.69, 9.17) is 11.6 Å². The molecule has 2 aromatic carbocycles. The molecule has 0 aliphatic heterocycles. The fourth-order valence-electron chi connectivity index (χ4n) is 2.68. The van der Waals surface area contributed by atoms with E-state index in [9.17, 15) is 0 Å². The van der Waals surface area contributed by atoms with Gasteiger partial charge in [0.1, 0.15) is 0 Å². The van der Waals surface area contributed by atoms with Crippen molar-refractivity contribution in [1.82, 2.24) is 0 Å². The van der Waals surface area contributed by atoms with Crippen LogP contribution in [0.4, 0.5) is 0 Å². The fourth-order valence-corrected chi connectivity index (χ4v) is 2.85. The minimum absolute atomic E-state index is 0.204. The van der Waals surface area contributed by atoms with Crippen molar-refractivity contribution in [2.24, 2.45) is 11.8 Å². The highest BCUT2D eigenvalue weighted by atomic mass is 35.5. The van der Waals surface area contributed by atoms with E-state index in [1.165, 1.54) is 11.1 Å². The van der Waals surface area contributed by atoms with Gasteiger partial charge in [-0.05, 0) is 35.8 Å². The van der Waals surface area contributed by atoms with Crippen LogP contribution in [0.5, 0.6) is 0 Å². The lowest BCUT2D eigenvalue weighted by molar-refractivity contribution is 0.414. The van der Waals surface area contributed by atoms with Crippen molar-refractivity contribution in [3.63, 3.8) is 0 Å². The summed E-state index contributed by atoms with van der Waals surface area (Å²) in [6.07, 6.45) is 2.09. The first-order valence-corrected chi connectivity index (χ1v) is 7.82. The Balaban J connectivity index is 2.12. The number of halogens is 1. The average Bonchev–Trinajstić information content (AvgIpc) is 2.48. The maximum absolute atomic E-state index is 6.68. The SMILES string of the molecule is CC(C)C(Cl)C(Cc1ccccc1)Cc1ccccc1. The highest BCUT2D eigenvalue weighted by Gasteiger charge is 2.23. The molecule has 106 valence electrons. The highest BCUT2D eigenvalue weighted by molar-refractivity contribution is 6.21. The van der Waals surface area contributed by atoms with Gasteiger partial charge in [0.05, 0.1) is 0 Å². The Morgan fingerprint density at radius 3 is 1.50 bits per heavy atom. The summed E-state index contributed by atoms with van der Waals surface area (Å²) in [5.74, 6) is 0.968. The first-order valence-electron chi connectivity index (χ1n) is 7.38. The van der Waals surface area contributed by atoms with E-state index < -0.39 is 0 Å². The van der Waals surface area contributed by atoms with Crippen LogP contribution in [0.2, 0.25) is 0 Å². The van der Waals surface area contributed by atoms with E-state index in [-0.39, 0.29) is 5.38 Å². The molecular weight excluding hydrogens is 264 g/mol. The summed E-state index contributed by atoms with van der Waals surface area (Å²) in [6, 6.07) is 21.3. The maximum atomic E-state index is 6.68. The number of rotatable bonds is 6. The van der Waals surface area contributed by atoms with Gasteiger partial charge in [0.2, 0.25) is 0 Å². The molecule has 2 aromatic rings. The van der Waals surface area contributed by atoms with Crippen molar-refractivity contribution < 1.29 is 0 Å². The second kappa shape index (κ2) is 7.50. The normalized spacial score (nSPS) is 12.8. The van der Waals surface area contributed by atoms with Crippen LogP contribution in [0.15, 0.2) is 60.7 Å². The van der Waals surface area contributed by atoms with Crippen molar-refractivity contribution in [3.05, 3.63) is 71.8 Å². The van der Waals surface area contributed by atoms with Crippen molar-refractivity contribution in [2.45, 2.75) is 32.1 Å². The molecule has 0 aliphatic rings. The Morgan fingerprint density at radius 1 is 0.750 bits per heavy atom. The summed E-state index contributed by atoms with van der Waals surface area (Å²) in [5.41, 5.74) is 2.75. The Hall–Kier alpha value is -1.27. The third-order valence-electron chi connectivity index (χ3n) is 3.77. The highest BCUT2D eigenvalue weighted by Crippen LogP contribution is 2.26. The molecule has 0 amide bonds. The zero-order valence-corrected chi connectivity index (χ0v) is 13.1. The standard InChI is InChI=1S/C19H23Cl/c1-15(2)19(20)18(13-16-9-5-3-6-10-16)14-17-11-7-4-8-12-17/h3-12,15,18-19H,13-14H2,1-2H3. The molecule has 1 heteroatoms. The second-order valence-corrected chi connectivity index (χ2v) is 6.33. The molecule has 1 unspecified atom stereocenters. The van der Waals surface area contributed by atoms with Crippen molar-refractivity contribution in [1.29, 1.82) is 0 Å². The predicted octanol–water partition coefficient (Wildman–Crippen LogP) is 5.35. The van der Waals surface area contributed by atoms with Crippen LogP contribution in [0.25, 0.3) is 0 Å². The Morgan fingerprint density at radius 2 is 1.15 bits per heavy atom. The molecular formula is C19H23Cl. The molecule has 0 fully saturated rings. The molecule has 0 radical (unpaired) electrons. The zero-order chi connectivity index (χ0) is 14.4. The summed E-state index contributed by atoms with van der Waals surface area (Å²) in [6.45, 7) is 4.42. The lowest BCUT2D eigenvalue weighted by Crippen LogP contribution is -2.24. The molecule has 0 spiro atoms. The lowest BCUT2D eigenvalue weighted by Gasteiger charge is -2.25. The topological polar surface area (TPSA) is 0 Å². The van der Waals surface area contributed by atoms with Gasteiger partial charge in [-0.1, -0.05) is 74.5 Å². The minimum atomic E-state index is 0.204. The van der Waals surface area contributed by atoms with Crippen molar-refractivity contribution >= 4 is 11.6 Å². The molecule has 0 bridgehead atoms. The lowest BCUT2D eigenvalue weighted by atomic mass is 9.85. The van der Waals surface area contributed by atoms with Gasteiger partial charge in [-0.3, -0.25) is 0 Å². The van der Waals surface area contributed by atoms with Gasteiger partial charge in [0, 0.05) is 5.38 Å². The Kier molecular flexibility index (Phi) is 5.67. The van der Waals surface area contributed by atoms with E-state index in [0.29, 0.717) is 11.8 Å². The third kappa shape index (κ3) is 4.38. The molecule has 0 saturated carbocycles. The molecule has 0 nitrogen and oxygen atoms in total. The summed E-state index contributed by atoms with van der Waals surface area (Å²) >= 11 is 6.68. The largest absolute Gasteiger partial charge is 0.122 e. The van der Waals surface area contributed by atoms with Gasteiger partial charge in [-0.15, -0.1) is 11.6 Å². The van der Waals surface area contributed by atoms with Crippen LogP contribution >= 0.6 is 11.6 Å². The average molecular weight is 287 g/mol. The van der Waals surface area contributed by atoms with E-state index in [1.807, 2.05) is 0 Å². The van der Waals surface area contributed by atoms with Crippen LogP contribution in [-0.4, -0.2) is 5.38 Å². The Bertz CT molecular complexity index is 448. The first-order chi connectivity index (χ1) is 9.66. The van der Waals surface area contributed by atoms with Crippen LogP contribution in [0.1, 0.15) is 25.0 Å². The number of hydrogen-bond donors (Lipinski definition) is 0. The second-order valence-electron chi connectivity index (χ2n) is 5.83. The van der Waals surface area contributed by atoms with Crippen LogP contribution in [0, 0.1) is 11.8 Å². The van der Waals surface area contributed by atoms with Crippen molar-refractivity contribution in [3.8, 4) is 0 Å². The van der Waals surface area contributed by atoms with E-state index >= 15 is 0 Å². The fraction of sp³-hybridized carbons (Fsp3) is 0.368. The van der Waals surface area contributed by atoms with Gasteiger partial charge < -0.3 is 0 Å². The smallest absolute Gasteiger partial charge is 0.0393 e. The molecule has 0 N–H and O–H groups in total. The molecule has 20 heavy (non-hydrogen) atoms. The van der Waals surface area contributed by atoms with Gasteiger partial charge in [0.25, 0.3) is 0 Å². The number of hydrogen-bond acceptors (Lipinski definition) is 0. The van der Waals surface area contributed by atoms with E-state index in [0.717, 1.165) is 12.8 Å². The monoisotopic (exact) mass is 286 g/mol. The molecule has 1 atom stereocenters. The van der Waals surface area contributed by atoms with Crippen LogP contribution < -0.4 is 0 Å². The van der Waals surface area contributed by atoms with E-state index in [1.54, 1.807) is 0 Å². The number of alkyl halides is 1. The van der Waals surface area contributed by atoms with Gasteiger partial charge in [-0.2, -0.15) is 0 Å². The summed E-state index contributed by atoms with van der Waals surface area (Å²) in [4.78, 5) is 0. The predicted molar refractivity (Wildman–Crippen MR) is 88.3 cm³/mol. The zero-order valence-electron chi connectivity index (χ0n) is 12.3. The third-order valence-corrected chi connectivity index (χ3v) is 4.63. The first kappa shape index (κ1) is 15.1. The minimum Gasteiger partial charge on any atom is -0.122 e.